The Morgan fingerprint density at radius 1 is 1.62 bits per heavy atom. The molecule has 0 aliphatic carbocycles. The summed E-state index contributed by atoms with van der Waals surface area (Å²) in [5, 5.41) is 7.99. The normalized spacial score (nSPS) is 10.1. The van der Waals surface area contributed by atoms with Gasteiger partial charge in [-0.05, 0) is 0 Å². The molecule has 3 nitrogen and oxygen atoms in total. The maximum atomic E-state index is 12.2. The zero-order chi connectivity index (χ0) is 10.0. The summed E-state index contributed by atoms with van der Waals surface area (Å²) >= 11 is 5.40. The van der Waals surface area contributed by atoms with E-state index in [4.69, 9.17) is 16.9 Å². The molecule has 1 N–H and O–H groups in total. The monoisotopic (exact) mass is 204 g/mol. The number of hydrogen-bond donors (Lipinski definition) is 1. The standard InChI is InChI=1S/C7H3ClF2N2O/c8-6-3(7(9)10)1-5(13)12-4(6)2-11/h1,7H,(H,12,13). The van der Waals surface area contributed by atoms with Gasteiger partial charge in [0.15, 0.2) is 0 Å². The van der Waals surface area contributed by atoms with Gasteiger partial charge in [0.25, 0.3) is 6.43 Å². The fourth-order valence-electron chi connectivity index (χ4n) is 0.799. The second-order valence-electron chi connectivity index (χ2n) is 2.19. The number of nitrogens with zero attached hydrogens (tertiary/aromatic N) is 1. The van der Waals surface area contributed by atoms with Crippen molar-refractivity contribution in [1.29, 1.82) is 5.26 Å². The molecular weight excluding hydrogens is 202 g/mol. The zero-order valence-electron chi connectivity index (χ0n) is 6.14. The Hall–Kier alpha value is -1.41. The van der Waals surface area contributed by atoms with E-state index in [1.165, 1.54) is 6.07 Å². The minimum atomic E-state index is -2.86. The lowest BCUT2D eigenvalue weighted by molar-refractivity contribution is 0.151. The van der Waals surface area contributed by atoms with Crippen molar-refractivity contribution in [2.45, 2.75) is 6.43 Å². The van der Waals surface area contributed by atoms with Crippen LogP contribution in [0.4, 0.5) is 8.78 Å². The molecule has 0 aliphatic heterocycles. The average molecular weight is 205 g/mol. The average Bonchev–Trinajstić information content (AvgIpc) is 2.08. The van der Waals surface area contributed by atoms with Crippen LogP contribution in [0.15, 0.2) is 10.9 Å². The van der Waals surface area contributed by atoms with Gasteiger partial charge in [0.05, 0.1) is 5.02 Å². The third-order valence-corrected chi connectivity index (χ3v) is 1.76. The Labute approximate surface area is 76.6 Å². The van der Waals surface area contributed by atoms with Gasteiger partial charge in [-0.25, -0.2) is 8.78 Å². The molecule has 0 unspecified atom stereocenters. The summed E-state index contributed by atoms with van der Waals surface area (Å²) in [7, 11) is 0. The lowest BCUT2D eigenvalue weighted by Gasteiger charge is -2.02. The smallest absolute Gasteiger partial charge is 0.265 e. The maximum Gasteiger partial charge on any atom is 0.265 e. The van der Waals surface area contributed by atoms with E-state index in [2.05, 4.69) is 0 Å². The van der Waals surface area contributed by atoms with E-state index in [1.807, 2.05) is 4.98 Å². The lowest BCUT2D eigenvalue weighted by Crippen LogP contribution is -2.09. The Bertz CT molecular complexity index is 421. The number of aromatic nitrogens is 1. The Morgan fingerprint density at radius 3 is 2.69 bits per heavy atom. The fraction of sp³-hybridized carbons (Fsp3) is 0.143. The number of aromatic amines is 1. The van der Waals surface area contributed by atoms with Crippen molar-refractivity contribution in [1.82, 2.24) is 4.98 Å². The number of pyridine rings is 1. The van der Waals surface area contributed by atoms with Crippen LogP contribution in [-0.2, 0) is 0 Å². The summed E-state index contributed by atoms with van der Waals surface area (Å²) in [6, 6.07) is 2.18. The molecule has 0 saturated carbocycles. The number of nitriles is 1. The first-order valence-electron chi connectivity index (χ1n) is 3.17. The van der Waals surface area contributed by atoms with Crippen molar-refractivity contribution >= 4 is 11.6 Å². The van der Waals surface area contributed by atoms with Crippen LogP contribution < -0.4 is 5.56 Å². The summed E-state index contributed by atoms with van der Waals surface area (Å²) in [5.41, 5.74) is -1.73. The Kier molecular flexibility index (Phi) is 2.63. The second kappa shape index (κ2) is 3.54. The molecule has 0 fully saturated rings. The molecule has 0 spiro atoms. The molecule has 68 valence electrons. The zero-order valence-corrected chi connectivity index (χ0v) is 6.90. The quantitative estimate of drug-likeness (QED) is 0.759. The molecular formula is C7H3ClF2N2O. The van der Waals surface area contributed by atoms with E-state index < -0.39 is 22.6 Å². The van der Waals surface area contributed by atoms with E-state index in [0.29, 0.717) is 6.07 Å². The van der Waals surface area contributed by atoms with Gasteiger partial charge in [0.2, 0.25) is 5.56 Å². The van der Waals surface area contributed by atoms with Gasteiger partial charge < -0.3 is 4.98 Å². The van der Waals surface area contributed by atoms with Crippen LogP contribution in [0, 0.1) is 11.3 Å². The highest BCUT2D eigenvalue weighted by atomic mass is 35.5. The van der Waals surface area contributed by atoms with Crippen molar-refractivity contribution < 1.29 is 8.78 Å². The van der Waals surface area contributed by atoms with Gasteiger partial charge in [0, 0.05) is 11.6 Å². The van der Waals surface area contributed by atoms with E-state index >= 15 is 0 Å². The van der Waals surface area contributed by atoms with Crippen LogP contribution in [0.25, 0.3) is 0 Å². The minimum absolute atomic E-state index is 0.343. The number of alkyl halides is 2. The first kappa shape index (κ1) is 9.68. The molecule has 0 aliphatic rings. The first-order valence-corrected chi connectivity index (χ1v) is 3.55. The van der Waals surface area contributed by atoms with E-state index in [1.54, 1.807) is 0 Å². The summed E-state index contributed by atoms with van der Waals surface area (Å²) in [5.74, 6) is 0. The molecule has 13 heavy (non-hydrogen) atoms. The van der Waals surface area contributed by atoms with Crippen molar-refractivity contribution in [2.24, 2.45) is 0 Å². The van der Waals surface area contributed by atoms with Gasteiger partial charge in [0.1, 0.15) is 11.8 Å². The van der Waals surface area contributed by atoms with Crippen molar-refractivity contribution in [3.05, 3.63) is 32.7 Å². The molecule has 6 heteroatoms. The Morgan fingerprint density at radius 2 is 2.23 bits per heavy atom. The van der Waals surface area contributed by atoms with Crippen LogP contribution in [-0.4, -0.2) is 4.98 Å². The van der Waals surface area contributed by atoms with E-state index in [9.17, 15) is 13.6 Å². The minimum Gasteiger partial charge on any atom is -0.312 e. The maximum absolute atomic E-state index is 12.2. The third-order valence-electron chi connectivity index (χ3n) is 1.35. The number of rotatable bonds is 1. The second-order valence-corrected chi connectivity index (χ2v) is 2.57. The van der Waals surface area contributed by atoms with E-state index in [-0.39, 0.29) is 5.69 Å². The summed E-state index contributed by atoms with van der Waals surface area (Å²) in [4.78, 5) is 12.8. The van der Waals surface area contributed by atoms with Crippen LogP contribution in [0.3, 0.4) is 0 Å². The predicted molar refractivity (Wildman–Crippen MR) is 41.7 cm³/mol. The van der Waals surface area contributed by atoms with Crippen LogP contribution in [0.2, 0.25) is 5.02 Å². The van der Waals surface area contributed by atoms with Crippen LogP contribution in [0.5, 0.6) is 0 Å². The van der Waals surface area contributed by atoms with Crippen molar-refractivity contribution in [2.75, 3.05) is 0 Å². The largest absolute Gasteiger partial charge is 0.312 e. The van der Waals surface area contributed by atoms with Crippen LogP contribution in [0.1, 0.15) is 17.7 Å². The number of hydrogen-bond acceptors (Lipinski definition) is 2. The molecule has 1 rings (SSSR count). The van der Waals surface area contributed by atoms with Gasteiger partial charge in [-0.1, -0.05) is 11.6 Å². The number of nitrogens with one attached hydrogen (secondary N) is 1. The highest BCUT2D eigenvalue weighted by Crippen LogP contribution is 2.26. The number of H-pyrrole nitrogens is 1. The van der Waals surface area contributed by atoms with Gasteiger partial charge >= 0.3 is 0 Å². The summed E-state index contributed by atoms with van der Waals surface area (Å²) < 4.78 is 24.4. The summed E-state index contributed by atoms with van der Waals surface area (Å²) in [6.45, 7) is 0. The first-order chi connectivity index (χ1) is 6.06. The molecule has 0 aromatic carbocycles. The van der Waals surface area contributed by atoms with E-state index in [0.717, 1.165) is 0 Å². The molecule has 1 aromatic heterocycles. The number of halogens is 3. The SMILES string of the molecule is N#Cc1[nH]c(=O)cc(C(F)F)c1Cl. The van der Waals surface area contributed by atoms with Crippen LogP contribution >= 0.6 is 11.6 Å². The highest BCUT2D eigenvalue weighted by molar-refractivity contribution is 6.32. The predicted octanol–water partition coefficient (Wildman–Crippen LogP) is 1.84. The molecule has 0 radical (unpaired) electrons. The van der Waals surface area contributed by atoms with Gasteiger partial charge in [-0.15, -0.1) is 0 Å². The molecule has 1 aromatic rings. The lowest BCUT2D eigenvalue weighted by atomic mass is 10.2. The molecule has 0 bridgehead atoms. The molecule has 0 atom stereocenters. The molecule has 0 amide bonds. The van der Waals surface area contributed by atoms with Crippen molar-refractivity contribution in [3.8, 4) is 6.07 Å². The van der Waals surface area contributed by atoms with Gasteiger partial charge in [-0.2, -0.15) is 5.26 Å². The Balaban J connectivity index is 3.47. The van der Waals surface area contributed by atoms with Crippen molar-refractivity contribution in [3.63, 3.8) is 0 Å². The highest BCUT2D eigenvalue weighted by Gasteiger charge is 2.16. The topological polar surface area (TPSA) is 56.6 Å². The van der Waals surface area contributed by atoms with Gasteiger partial charge in [-0.3, -0.25) is 4.79 Å². The summed E-state index contributed by atoms with van der Waals surface area (Å²) in [6.07, 6.45) is -2.86. The third kappa shape index (κ3) is 1.84. The molecule has 1 heterocycles. The molecule has 0 saturated heterocycles. The fourth-order valence-corrected chi connectivity index (χ4v) is 1.03.